The van der Waals surface area contributed by atoms with Crippen LogP contribution in [0.5, 0.6) is 0 Å². The first-order chi connectivity index (χ1) is 12.8. The Morgan fingerprint density at radius 1 is 1.15 bits per heavy atom. The van der Waals surface area contributed by atoms with Gasteiger partial charge in [0.05, 0.1) is 12.6 Å². The van der Waals surface area contributed by atoms with Crippen LogP contribution in [0.4, 0.5) is 0 Å². The van der Waals surface area contributed by atoms with Crippen molar-refractivity contribution in [3.63, 3.8) is 0 Å². The van der Waals surface area contributed by atoms with Crippen molar-refractivity contribution < 1.29 is 0 Å². The summed E-state index contributed by atoms with van der Waals surface area (Å²) < 4.78 is 1.92. The maximum absolute atomic E-state index is 4.42. The molecular formula is C20H24N6. The van der Waals surface area contributed by atoms with Crippen LogP contribution >= 0.6 is 0 Å². The normalized spacial score (nSPS) is 19.3. The van der Waals surface area contributed by atoms with E-state index < -0.39 is 0 Å². The number of likely N-dealkylation sites (tertiary alicyclic amines) is 1. The zero-order valence-electron chi connectivity index (χ0n) is 15.1. The largest absolute Gasteiger partial charge is 0.289 e. The summed E-state index contributed by atoms with van der Waals surface area (Å²) in [6.07, 6.45) is 6.24. The summed E-state index contributed by atoms with van der Waals surface area (Å²) >= 11 is 0. The van der Waals surface area contributed by atoms with E-state index in [1.165, 1.54) is 18.4 Å². The van der Waals surface area contributed by atoms with Crippen LogP contribution < -0.4 is 0 Å². The first kappa shape index (κ1) is 16.8. The highest BCUT2D eigenvalue weighted by molar-refractivity contribution is 5.23. The molecule has 1 aliphatic rings. The summed E-state index contributed by atoms with van der Waals surface area (Å²) in [5.74, 6) is 1.57. The molecule has 134 valence electrons. The second-order valence-corrected chi connectivity index (χ2v) is 7.11. The molecule has 2 aromatic heterocycles. The predicted octanol–water partition coefficient (Wildman–Crippen LogP) is 2.94. The van der Waals surface area contributed by atoms with Crippen LogP contribution in [0.25, 0.3) is 0 Å². The Morgan fingerprint density at radius 3 is 2.81 bits per heavy atom. The summed E-state index contributed by atoms with van der Waals surface area (Å²) in [7, 11) is 0. The lowest BCUT2D eigenvalue weighted by Crippen LogP contribution is -2.39. The molecule has 0 spiro atoms. The van der Waals surface area contributed by atoms with E-state index in [0.29, 0.717) is 12.5 Å². The number of hydrogen-bond donors (Lipinski definition) is 0. The van der Waals surface area contributed by atoms with Crippen LogP contribution in [0, 0.1) is 5.92 Å². The van der Waals surface area contributed by atoms with Gasteiger partial charge in [-0.2, -0.15) is 0 Å². The molecule has 4 rings (SSSR count). The molecule has 1 saturated heterocycles. The summed E-state index contributed by atoms with van der Waals surface area (Å²) in [6, 6.07) is 14.5. The molecule has 0 unspecified atom stereocenters. The van der Waals surface area contributed by atoms with Crippen LogP contribution in [0.3, 0.4) is 0 Å². The Balaban J connectivity index is 1.69. The van der Waals surface area contributed by atoms with E-state index in [0.717, 1.165) is 24.5 Å². The van der Waals surface area contributed by atoms with E-state index in [1.54, 1.807) is 0 Å². The standard InChI is InChI=1S/C20H24N6/c1-16-7-6-12-25(14-16)19(18-10-5-11-21-13-18)20-22-23-24-26(20)15-17-8-3-2-4-9-17/h2-5,8-11,13,16,19H,6-7,12,14-15H2,1H3/t16-,19+/m0/s1. The number of aromatic nitrogens is 5. The second-order valence-electron chi connectivity index (χ2n) is 7.11. The minimum atomic E-state index is 0.0326. The van der Waals surface area contributed by atoms with Crippen molar-refractivity contribution >= 4 is 0 Å². The van der Waals surface area contributed by atoms with Crippen molar-refractivity contribution in [2.45, 2.75) is 32.4 Å². The van der Waals surface area contributed by atoms with Gasteiger partial charge in [0.15, 0.2) is 5.82 Å². The highest BCUT2D eigenvalue weighted by Crippen LogP contribution is 2.31. The van der Waals surface area contributed by atoms with Crippen molar-refractivity contribution in [2.75, 3.05) is 13.1 Å². The summed E-state index contributed by atoms with van der Waals surface area (Å²) in [5, 5.41) is 12.7. The predicted molar refractivity (Wildman–Crippen MR) is 99.4 cm³/mol. The summed E-state index contributed by atoms with van der Waals surface area (Å²) in [4.78, 5) is 6.84. The molecule has 0 saturated carbocycles. The molecule has 0 N–H and O–H groups in total. The van der Waals surface area contributed by atoms with E-state index in [4.69, 9.17) is 0 Å². The maximum atomic E-state index is 4.42. The van der Waals surface area contributed by atoms with Crippen molar-refractivity contribution in [1.29, 1.82) is 0 Å². The molecule has 3 aromatic rings. The zero-order chi connectivity index (χ0) is 17.8. The molecule has 0 radical (unpaired) electrons. The lowest BCUT2D eigenvalue weighted by Gasteiger charge is -2.36. The van der Waals surface area contributed by atoms with Crippen LogP contribution in [0.1, 0.15) is 42.8 Å². The average Bonchev–Trinajstić information content (AvgIpc) is 3.11. The third-order valence-corrected chi connectivity index (χ3v) is 5.03. The molecule has 0 aliphatic carbocycles. The molecule has 26 heavy (non-hydrogen) atoms. The molecule has 6 heteroatoms. The van der Waals surface area contributed by atoms with Gasteiger partial charge in [-0.05, 0) is 52.9 Å². The van der Waals surface area contributed by atoms with E-state index in [1.807, 2.05) is 41.3 Å². The number of piperidine rings is 1. The highest BCUT2D eigenvalue weighted by Gasteiger charge is 2.30. The van der Waals surface area contributed by atoms with E-state index in [-0.39, 0.29) is 6.04 Å². The number of nitrogens with zero attached hydrogens (tertiary/aromatic N) is 6. The van der Waals surface area contributed by atoms with E-state index in [9.17, 15) is 0 Å². The van der Waals surface area contributed by atoms with Gasteiger partial charge < -0.3 is 0 Å². The molecule has 0 amide bonds. The summed E-state index contributed by atoms with van der Waals surface area (Å²) in [5.41, 5.74) is 2.34. The van der Waals surface area contributed by atoms with Crippen LogP contribution in [-0.4, -0.2) is 43.2 Å². The van der Waals surface area contributed by atoms with Crippen LogP contribution in [-0.2, 0) is 6.54 Å². The van der Waals surface area contributed by atoms with Gasteiger partial charge in [-0.1, -0.05) is 43.3 Å². The number of rotatable bonds is 5. The Bertz CT molecular complexity index is 817. The fourth-order valence-electron chi connectivity index (χ4n) is 3.80. The van der Waals surface area contributed by atoms with Crippen LogP contribution in [0.2, 0.25) is 0 Å². The van der Waals surface area contributed by atoms with E-state index in [2.05, 4.69) is 50.5 Å². The Labute approximate surface area is 153 Å². The minimum absolute atomic E-state index is 0.0326. The highest BCUT2D eigenvalue weighted by atomic mass is 15.5. The lowest BCUT2D eigenvalue weighted by molar-refractivity contribution is 0.142. The van der Waals surface area contributed by atoms with Gasteiger partial charge in [-0.3, -0.25) is 9.88 Å². The molecule has 3 heterocycles. The van der Waals surface area contributed by atoms with Crippen LogP contribution in [0.15, 0.2) is 54.9 Å². The van der Waals surface area contributed by atoms with Gasteiger partial charge in [0.1, 0.15) is 0 Å². The third-order valence-electron chi connectivity index (χ3n) is 5.03. The SMILES string of the molecule is C[C@H]1CCCN([C@H](c2cccnc2)c2nnnn2Cc2ccccc2)C1. The van der Waals surface area contributed by atoms with Gasteiger partial charge >= 0.3 is 0 Å². The minimum Gasteiger partial charge on any atom is -0.289 e. The molecule has 6 nitrogen and oxygen atoms in total. The second kappa shape index (κ2) is 7.74. The molecule has 2 atom stereocenters. The monoisotopic (exact) mass is 348 g/mol. The number of pyridine rings is 1. The molecule has 1 aromatic carbocycles. The zero-order valence-corrected chi connectivity index (χ0v) is 15.1. The number of hydrogen-bond acceptors (Lipinski definition) is 5. The smallest absolute Gasteiger partial charge is 0.173 e. The van der Waals surface area contributed by atoms with Crippen molar-refractivity contribution in [2.24, 2.45) is 5.92 Å². The first-order valence-corrected chi connectivity index (χ1v) is 9.25. The molecular weight excluding hydrogens is 324 g/mol. The topological polar surface area (TPSA) is 59.7 Å². The molecule has 1 aliphatic heterocycles. The summed E-state index contributed by atoms with van der Waals surface area (Å²) in [6.45, 7) is 5.10. The average molecular weight is 348 g/mol. The Kier molecular flexibility index (Phi) is 5.02. The van der Waals surface area contributed by atoms with Gasteiger partial charge in [0, 0.05) is 18.9 Å². The lowest BCUT2D eigenvalue weighted by atomic mass is 9.96. The maximum Gasteiger partial charge on any atom is 0.173 e. The Hall–Kier alpha value is -2.60. The van der Waals surface area contributed by atoms with Crippen molar-refractivity contribution in [3.05, 3.63) is 71.8 Å². The number of tetrazole rings is 1. The van der Waals surface area contributed by atoms with Gasteiger partial charge in [-0.25, -0.2) is 4.68 Å². The van der Waals surface area contributed by atoms with Crippen molar-refractivity contribution in [3.8, 4) is 0 Å². The fraction of sp³-hybridized carbons (Fsp3) is 0.400. The van der Waals surface area contributed by atoms with Gasteiger partial charge in [0.25, 0.3) is 0 Å². The van der Waals surface area contributed by atoms with Crippen molar-refractivity contribution in [1.82, 2.24) is 30.1 Å². The van der Waals surface area contributed by atoms with Gasteiger partial charge in [-0.15, -0.1) is 5.10 Å². The number of benzene rings is 1. The Morgan fingerprint density at radius 2 is 2.04 bits per heavy atom. The third kappa shape index (κ3) is 3.65. The fourth-order valence-corrected chi connectivity index (χ4v) is 3.80. The molecule has 1 fully saturated rings. The first-order valence-electron chi connectivity index (χ1n) is 9.25. The van der Waals surface area contributed by atoms with E-state index >= 15 is 0 Å². The quantitative estimate of drug-likeness (QED) is 0.709. The van der Waals surface area contributed by atoms with Gasteiger partial charge in [0.2, 0.25) is 0 Å². The molecule has 0 bridgehead atoms.